The number of hydrogen-bond acceptors (Lipinski definition) is 1. The lowest BCUT2D eigenvalue weighted by Gasteiger charge is -2.26. The fourth-order valence-corrected chi connectivity index (χ4v) is 2.60. The summed E-state index contributed by atoms with van der Waals surface area (Å²) in [5.74, 6) is -0.372. The first-order valence-corrected chi connectivity index (χ1v) is 6.95. The normalized spacial score (nSPS) is 17.1. The van der Waals surface area contributed by atoms with Gasteiger partial charge in [0.25, 0.3) is 6.43 Å². The van der Waals surface area contributed by atoms with Gasteiger partial charge in [-0.2, -0.15) is 0 Å². The highest BCUT2D eigenvalue weighted by Crippen LogP contribution is 2.22. The van der Waals surface area contributed by atoms with E-state index in [1.54, 1.807) is 0 Å². The number of piperidine rings is 1. The molecule has 4 heteroatoms. The van der Waals surface area contributed by atoms with Gasteiger partial charge in [-0.05, 0) is 63.0 Å². The second kappa shape index (κ2) is 6.94. The number of halogens is 3. The first kappa shape index (κ1) is 14.4. The largest absolute Gasteiger partial charge is 0.303 e. The fraction of sp³-hybridized carbons (Fsp3) is 0.600. The van der Waals surface area contributed by atoms with Gasteiger partial charge in [-0.25, -0.2) is 13.2 Å². The molecule has 0 saturated carbocycles. The number of alkyl halides is 2. The topological polar surface area (TPSA) is 3.24 Å². The molecule has 0 N–H and O–H groups in total. The maximum atomic E-state index is 13.5. The average Bonchev–Trinajstić information content (AvgIpc) is 2.42. The number of hydrogen-bond donors (Lipinski definition) is 0. The van der Waals surface area contributed by atoms with Gasteiger partial charge in [-0.15, -0.1) is 0 Å². The van der Waals surface area contributed by atoms with E-state index in [0.29, 0.717) is 12.0 Å². The molecule has 0 atom stereocenters. The number of benzene rings is 1. The third-order valence-electron chi connectivity index (χ3n) is 3.69. The lowest BCUT2D eigenvalue weighted by molar-refractivity contribution is 0.151. The predicted octanol–water partition coefficient (Wildman–Crippen LogP) is 4.18. The van der Waals surface area contributed by atoms with E-state index >= 15 is 0 Å². The summed E-state index contributed by atoms with van der Waals surface area (Å²) in [7, 11) is 0. The zero-order valence-corrected chi connectivity index (χ0v) is 11.0. The molecule has 0 bridgehead atoms. The van der Waals surface area contributed by atoms with Crippen LogP contribution < -0.4 is 0 Å². The van der Waals surface area contributed by atoms with Crippen molar-refractivity contribution in [3.8, 4) is 0 Å². The van der Waals surface area contributed by atoms with E-state index in [1.807, 2.05) is 0 Å². The van der Waals surface area contributed by atoms with E-state index in [2.05, 4.69) is 4.90 Å². The SMILES string of the molecule is Fc1ccc(C(F)F)cc1CCCN1CCCCC1. The predicted molar refractivity (Wildman–Crippen MR) is 70.0 cm³/mol. The highest BCUT2D eigenvalue weighted by molar-refractivity contribution is 5.26. The van der Waals surface area contributed by atoms with Gasteiger partial charge >= 0.3 is 0 Å². The number of aryl methyl sites for hydroxylation is 1. The van der Waals surface area contributed by atoms with Crippen LogP contribution in [0, 0.1) is 5.82 Å². The van der Waals surface area contributed by atoms with Gasteiger partial charge in [0.1, 0.15) is 5.82 Å². The Kier molecular flexibility index (Phi) is 5.25. The summed E-state index contributed by atoms with van der Waals surface area (Å²) in [5.41, 5.74) is 0.323. The molecule has 1 aromatic carbocycles. The van der Waals surface area contributed by atoms with Gasteiger partial charge in [0, 0.05) is 5.56 Å². The van der Waals surface area contributed by atoms with Crippen molar-refractivity contribution in [3.63, 3.8) is 0 Å². The molecule has 1 aliphatic rings. The van der Waals surface area contributed by atoms with E-state index < -0.39 is 6.43 Å². The van der Waals surface area contributed by atoms with Crippen LogP contribution in [0.1, 0.15) is 43.2 Å². The molecule has 1 heterocycles. The maximum absolute atomic E-state index is 13.5. The number of rotatable bonds is 5. The van der Waals surface area contributed by atoms with Crippen molar-refractivity contribution in [1.82, 2.24) is 4.90 Å². The highest BCUT2D eigenvalue weighted by Gasteiger charge is 2.12. The van der Waals surface area contributed by atoms with Crippen LogP contribution in [0.3, 0.4) is 0 Å². The maximum Gasteiger partial charge on any atom is 0.263 e. The molecule has 0 aromatic heterocycles. The minimum absolute atomic E-state index is 0.0885. The van der Waals surface area contributed by atoms with Crippen LogP contribution >= 0.6 is 0 Å². The van der Waals surface area contributed by atoms with Crippen molar-refractivity contribution >= 4 is 0 Å². The molecular weight excluding hydrogens is 251 g/mol. The fourth-order valence-electron chi connectivity index (χ4n) is 2.60. The molecule has 1 aromatic rings. The van der Waals surface area contributed by atoms with Crippen LogP contribution in [0.15, 0.2) is 18.2 Å². The summed E-state index contributed by atoms with van der Waals surface area (Å²) in [6, 6.07) is 3.61. The smallest absolute Gasteiger partial charge is 0.263 e. The van der Waals surface area contributed by atoms with Crippen LogP contribution in [0.4, 0.5) is 13.2 Å². The second-order valence-electron chi connectivity index (χ2n) is 5.16. The minimum atomic E-state index is -2.53. The third kappa shape index (κ3) is 4.23. The van der Waals surface area contributed by atoms with Crippen LogP contribution in [0.5, 0.6) is 0 Å². The van der Waals surface area contributed by atoms with Crippen molar-refractivity contribution in [2.45, 2.75) is 38.5 Å². The van der Waals surface area contributed by atoms with E-state index in [9.17, 15) is 13.2 Å². The molecule has 19 heavy (non-hydrogen) atoms. The summed E-state index contributed by atoms with van der Waals surface area (Å²) in [5, 5.41) is 0. The van der Waals surface area contributed by atoms with E-state index in [1.165, 1.54) is 25.3 Å². The average molecular weight is 271 g/mol. The monoisotopic (exact) mass is 271 g/mol. The molecule has 1 aliphatic heterocycles. The molecule has 1 fully saturated rings. The zero-order chi connectivity index (χ0) is 13.7. The summed E-state index contributed by atoms with van der Waals surface area (Å²) >= 11 is 0. The zero-order valence-electron chi connectivity index (χ0n) is 11.0. The van der Waals surface area contributed by atoms with Gasteiger partial charge in [-0.1, -0.05) is 12.5 Å². The molecule has 1 nitrogen and oxygen atoms in total. The second-order valence-corrected chi connectivity index (χ2v) is 5.16. The lowest BCUT2D eigenvalue weighted by atomic mass is 10.0. The van der Waals surface area contributed by atoms with Crippen molar-refractivity contribution < 1.29 is 13.2 Å². The molecule has 0 radical (unpaired) electrons. The molecule has 0 aliphatic carbocycles. The van der Waals surface area contributed by atoms with Crippen LogP contribution in [0.2, 0.25) is 0 Å². The van der Waals surface area contributed by atoms with Gasteiger partial charge in [-0.3, -0.25) is 0 Å². The molecule has 2 rings (SSSR count). The van der Waals surface area contributed by atoms with Crippen LogP contribution in [-0.2, 0) is 6.42 Å². The Morgan fingerprint density at radius 1 is 1.11 bits per heavy atom. The first-order chi connectivity index (χ1) is 9.16. The van der Waals surface area contributed by atoms with Crippen molar-refractivity contribution in [2.24, 2.45) is 0 Å². The Morgan fingerprint density at radius 2 is 1.84 bits per heavy atom. The Hall–Kier alpha value is -1.03. The molecule has 0 unspecified atom stereocenters. The molecule has 106 valence electrons. The molecular formula is C15H20F3N. The van der Waals surface area contributed by atoms with E-state index in [4.69, 9.17) is 0 Å². The summed E-state index contributed by atoms with van der Waals surface area (Å²) in [6.07, 6.45) is 2.58. The van der Waals surface area contributed by atoms with Crippen LogP contribution in [-0.4, -0.2) is 24.5 Å². The Bertz CT molecular complexity index is 400. The van der Waals surface area contributed by atoms with E-state index in [0.717, 1.165) is 38.2 Å². The third-order valence-corrected chi connectivity index (χ3v) is 3.69. The highest BCUT2D eigenvalue weighted by atomic mass is 19.3. The van der Waals surface area contributed by atoms with Gasteiger partial charge < -0.3 is 4.90 Å². The molecule has 0 spiro atoms. The number of nitrogens with zero attached hydrogens (tertiary/aromatic N) is 1. The quantitative estimate of drug-likeness (QED) is 0.776. The van der Waals surface area contributed by atoms with Crippen LogP contribution in [0.25, 0.3) is 0 Å². The first-order valence-electron chi connectivity index (χ1n) is 6.95. The van der Waals surface area contributed by atoms with Gasteiger partial charge in [0.2, 0.25) is 0 Å². The summed E-state index contributed by atoms with van der Waals surface area (Å²) in [4.78, 5) is 2.37. The lowest BCUT2D eigenvalue weighted by Crippen LogP contribution is -2.30. The number of likely N-dealkylation sites (tertiary alicyclic amines) is 1. The van der Waals surface area contributed by atoms with Gasteiger partial charge in [0.15, 0.2) is 0 Å². The Morgan fingerprint density at radius 3 is 2.53 bits per heavy atom. The summed E-state index contributed by atoms with van der Waals surface area (Å²) < 4.78 is 38.7. The molecule has 0 amide bonds. The van der Waals surface area contributed by atoms with Crippen molar-refractivity contribution in [1.29, 1.82) is 0 Å². The summed E-state index contributed by atoms with van der Waals surface area (Å²) in [6.45, 7) is 3.15. The van der Waals surface area contributed by atoms with Crippen molar-refractivity contribution in [2.75, 3.05) is 19.6 Å². The van der Waals surface area contributed by atoms with Crippen molar-refractivity contribution in [3.05, 3.63) is 35.1 Å². The minimum Gasteiger partial charge on any atom is -0.303 e. The van der Waals surface area contributed by atoms with Gasteiger partial charge in [0.05, 0.1) is 0 Å². The van der Waals surface area contributed by atoms with E-state index in [-0.39, 0.29) is 11.4 Å². The molecule has 1 saturated heterocycles. The standard InChI is InChI=1S/C15H20F3N/c16-14-7-6-13(15(17)18)11-12(14)5-4-10-19-8-2-1-3-9-19/h6-7,11,15H,1-5,8-10H2. The Labute approximate surface area is 112 Å². The Balaban J connectivity index is 1.86.